The van der Waals surface area contributed by atoms with Crippen LogP contribution in [-0.4, -0.2) is 17.4 Å². The maximum atomic E-state index is 12.6. The van der Waals surface area contributed by atoms with E-state index in [1.54, 1.807) is 0 Å². The molecule has 0 spiro atoms. The van der Waals surface area contributed by atoms with Crippen molar-refractivity contribution < 1.29 is 4.79 Å². The second-order valence-corrected chi connectivity index (χ2v) is 7.21. The largest absolute Gasteiger partial charge is 0.329 e. The molecular weight excluding hydrogens is 270 g/mol. The molecule has 0 unspecified atom stereocenters. The number of aromatic nitrogens is 1. The molecule has 0 saturated heterocycles. The highest BCUT2D eigenvalue weighted by molar-refractivity contribution is 7.13. The van der Waals surface area contributed by atoms with Crippen LogP contribution in [-0.2, 0) is 4.79 Å². The van der Waals surface area contributed by atoms with Crippen molar-refractivity contribution in [3.8, 4) is 0 Å². The van der Waals surface area contributed by atoms with Crippen LogP contribution in [0.1, 0.15) is 58.1 Å². The molecule has 2 rings (SSSR count). The van der Waals surface area contributed by atoms with E-state index in [-0.39, 0.29) is 5.91 Å². The Hall–Kier alpha value is -0.940. The van der Waals surface area contributed by atoms with Gasteiger partial charge < -0.3 is 11.1 Å². The normalized spacial score (nSPS) is 26.8. The van der Waals surface area contributed by atoms with Gasteiger partial charge in [-0.3, -0.25) is 4.79 Å². The minimum atomic E-state index is -0.393. The first-order valence-electron chi connectivity index (χ1n) is 7.44. The number of thiazole rings is 1. The van der Waals surface area contributed by atoms with Gasteiger partial charge in [0, 0.05) is 11.9 Å². The topological polar surface area (TPSA) is 68.0 Å². The van der Waals surface area contributed by atoms with E-state index in [0.717, 1.165) is 31.4 Å². The van der Waals surface area contributed by atoms with Gasteiger partial charge in [0.15, 0.2) is 5.13 Å². The Morgan fingerprint density at radius 1 is 1.55 bits per heavy atom. The van der Waals surface area contributed by atoms with Crippen LogP contribution in [0.3, 0.4) is 0 Å². The highest BCUT2D eigenvalue weighted by Gasteiger charge is 2.40. The average Bonchev–Trinajstić information content (AvgIpc) is 2.88. The van der Waals surface area contributed by atoms with E-state index in [9.17, 15) is 4.79 Å². The summed E-state index contributed by atoms with van der Waals surface area (Å²) < 4.78 is 0. The standard InChI is InChI=1S/C15H25N3OS/c1-10(2)12-8-20-14(17-12)18-13(19)15(9-16)6-4-11(3)5-7-15/h8,10-11H,4-7,9,16H2,1-3H3,(H,17,18,19). The number of amides is 1. The zero-order valence-electron chi connectivity index (χ0n) is 12.6. The summed E-state index contributed by atoms with van der Waals surface area (Å²) in [6.07, 6.45) is 3.94. The second kappa shape index (κ2) is 6.22. The van der Waals surface area contributed by atoms with Crippen LogP contribution in [0.25, 0.3) is 0 Å². The maximum Gasteiger partial charge on any atom is 0.233 e. The van der Waals surface area contributed by atoms with E-state index in [1.807, 2.05) is 5.38 Å². The lowest BCUT2D eigenvalue weighted by atomic mass is 9.70. The lowest BCUT2D eigenvalue weighted by Crippen LogP contribution is -2.44. The average molecular weight is 295 g/mol. The number of hydrogen-bond donors (Lipinski definition) is 2. The lowest BCUT2D eigenvalue weighted by Gasteiger charge is -2.36. The Labute approximate surface area is 125 Å². The lowest BCUT2D eigenvalue weighted by molar-refractivity contribution is -0.127. The number of anilines is 1. The first-order valence-corrected chi connectivity index (χ1v) is 8.32. The zero-order valence-corrected chi connectivity index (χ0v) is 13.4. The van der Waals surface area contributed by atoms with Gasteiger partial charge in [-0.25, -0.2) is 4.98 Å². The number of hydrogen-bond acceptors (Lipinski definition) is 4. The fourth-order valence-electron chi connectivity index (χ4n) is 2.68. The highest BCUT2D eigenvalue weighted by Crippen LogP contribution is 2.39. The summed E-state index contributed by atoms with van der Waals surface area (Å²) in [6, 6.07) is 0. The Balaban J connectivity index is 2.05. The number of rotatable bonds is 4. The molecule has 0 atom stereocenters. The van der Waals surface area contributed by atoms with Gasteiger partial charge >= 0.3 is 0 Å². The Bertz CT molecular complexity index is 461. The third-order valence-electron chi connectivity index (χ3n) is 4.44. The maximum absolute atomic E-state index is 12.6. The molecule has 1 aromatic rings. The molecule has 1 fully saturated rings. The molecule has 3 N–H and O–H groups in total. The molecule has 1 amide bonds. The Morgan fingerprint density at radius 3 is 2.70 bits per heavy atom. The molecule has 1 aromatic heterocycles. The van der Waals surface area contributed by atoms with Gasteiger partial charge in [0.1, 0.15) is 0 Å². The van der Waals surface area contributed by atoms with Crippen molar-refractivity contribution in [2.45, 2.75) is 52.4 Å². The number of nitrogens with one attached hydrogen (secondary N) is 1. The van der Waals surface area contributed by atoms with Crippen molar-refractivity contribution in [2.24, 2.45) is 17.1 Å². The summed E-state index contributed by atoms with van der Waals surface area (Å²) in [7, 11) is 0. The van der Waals surface area contributed by atoms with Crippen LogP contribution < -0.4 is 11.1 Å². The fraction of sp³-hybridized carbons (Fsp3) is 0.733. The second-order valence-electron chi connectivity index (χ2n) is 6.35. The van der Waals surface area contributed by atoms with Crippen molar-refractivity contribution in [1.29, 1.82) is 0 Å². The molecule has 0 bridgehead atoms. The number of carbonyl (C=O) groups is 1. The van der Waals surface area contributed by atoms with Gasteiger partial charge in [-0.2, -0.15) is 0 Å². The first-order chi connectivity index (χ1) is 9.47. The van der Waals surface area contributed by atoms with E-state index >= 15 is 0 Å². The van der Waals surface area contributed by atoms with Crippen LogP contribution in [0, 0.1) is 11.3 Å². The van der Waals surface area contributed by atoms with Crippen LogP contribution in [0.2, 0.25) is 0 Å². The van der Waals surface area contributed by atoms with Crippen LogP contribution in [0.15, 0.2) is 5.38 Å². The van der Waals surface area contributed by atoms with E-state index in [4.69, 9.17) is 5.73 Å². The number of carbonyl (C=O) groups excluding carboxylic acids is 1. The minimum Gasteiger partial charge on any atom is -0.329 e. The zero-order chi connectivity index (χ0) is 14.8. The quantitative estimate of drug-likeness (QED) is 0.895. The molecule has 0 aliphatic heterocycles. The summed E-state index contributed by atoms with van der Waals surface area (Å²) in [5, 5.41) is 5.69. The molecule has 4 nitrogen and oxygen atoms in total. The van der Waals surface area contributed by atoms with Crippen molar-refractivity contribution in [3.05, 3.63) is 11.1 Å². The molecule has 5 heteroatoms. The minimum absolute atomic E-state index is 0.0524. The van der Waals surface area contributed by atoms with Crippen LogP contribution in [0.4, 0.5) is 5.13 Å². The van der Waals surface area contributed by atoms with Crippen molar-refractivity contribution in [1.82, 2.24) is 4.98 Å². The Kier molecular flexibility index (Phi) is 4.81. The molecule has 1 aliphatic carbocycles. The SMILES string of the molecule is CC1CCC(CN)(C(=O)Nc2nc(C(C)C)cs2)CC1. The highest BCUT2D eigenvalue weighted by atomic mass is 32.1. The Morgan fingerprint density at radius 2 is 2.20 bits per heavy atom. The van der Waals surface area contributed by atoms with Crippen LogP contribution in [0.5, 0.6) is 0 Å². The van der Waals surface area contributed by atoms with E-state index < -0.39 is 5.41 Å². The smallest absolute Gasteiger partial charge is 0.233 e. The fourth-order valence-corrected chi connectivity index (χ4v) is 3.54. The van der Waals surface area contributed by atoms with E-state index in [2.05, 4.69) is 31.1 Å². The van der Waals surface area contributed by atoms with E-state index in [0.29, 0.717) is 23.5 Å². The molecule has 112 valence electrons. The third kappa shape index (κ3) is 3.20. The molecule has 0 radical (unpaired) electrons. The molecule has 1 aliphatic rings. The predicted octanol–water partition coefficient (Wildman–Crippen LogP) is 3.36. The van der Waals surface area contributed by atoms with Gasteiger partial charge in [0.25, 0.3) is 0 Å². The summed E-state index contributed by atoms with van der Waals surface area (Å²) in [5.41, 5.74) is 6.55. The monoisotopic (exact) mass is 295 g/mol. The molecule has 1 saturated carbocycles. The van der Waals surface area contributed by atoms with Crippen LogP contribution >= 0.6 is 11.3 Å². The third-order valence-corrected chi connectivity index (χ3v) is 5.21. The summed E-state index contributed by atoms with van der Waals surface area (Å²) in [6.45, 7) is 6.87. The van der Waals surface area contributed by atoms with Gasteiger partial charge in [-0.05, 0) is 37.5 Å². The number of nitrogens with zero attached hydrogens (tertiary/aromatic N) is 1. The number of nitrogens with two attached hydrogens (primary N) is 1. The molecule has 20 heavy (non-hydrogen) atoms. The molecule has 0 aromatic carbocycles. The van der Waals surface area contributed by atoms with Crippen molar-refractivity contribution in [3.63, 3.8) is 0 Å². The summed E-state index contributed by atoms with van der Waals surface area (Å²) >= 11 is 1.50. The first kappa shape index (κ1) is 15.4. The van der Waals surface area contributed by atoms with Gasteiger partial charge in [-0.15, -0.1) is 11.3 Å². The van der Waals surface area contributed by atoms with Gasteiger partial charge in [-0.1, -0.05) is 20.8 Å². The van der Waals surface area contributed by atoms with Gasteiger partial charge in [0.2, 0.25) is 5.91 Å². The van der Waals surface area contributed by atoms with E-state index in [1.165, 1.54) is 11.3 Å². The van der Waals surface area contributed by atoms with Gasteiger partial charge in [0.05, 0.1) is 11.1 Å². The van der Waals surface area contributed by atoms with Crippen molar-refractivity contribution in [2.75, 3.05) is 11.9 Å². The van der Waals surface area contributed by atoms with Crippen molar-refractivity contribution >= 4 is 22.4 Å². The summed E-state index contributed by atoms with van der Waals surface area (Å²) in [4.78, 5) is 17.1. The molecular formula is C15H25N3OS. The summed E-state index contributed by atoms with van der Waals surface area (Å²) in [5.74, 6) is 1.14. The molecule has 1 heterocycles. The predicted molar refractivity (Wildman–Crippen MR) is 84.0 cm³/mol.